The molecular formula is C13H18N4S. The topological polar surface area (TPSA) is 53.6 Å². The van der Waals surface area contributed by atoms with Crippen molar-refractivity contribution in [2.75, 3.05) is 0 Å². The van der Waals surface area contributed by atoms with Crippen LogP contribution >= 0.6 is 11.8 Å². The monoisotopic (exact) mass is 262 g/mol. The highest BCUT2D eigenvalue weighted by molar-refractivity contribution is 7.99. The Morgan fingerprint density at radius 3 is 2.50 bits per heavy atom. The molecule has 0 unspecified atom stereocenters. The molecule has 0 radical (unpaired) electrons. The fourth-order valence-electron chi connectivity index (χ4n) is 1.40. The van der Waals surface area contributed by atoms with Crippen LogP contribution in [0.4, 0.5) is 0 Å². The van der Waals surface area contributed by atoms with Gasteiger partial charge in [0.1, 0.15) is 6.33 Å². The average molecular weight is 262 g/mol. The van der Waals surface area contributed by atoms with Crippen LogP contribution in [0.1, 0.15) is 26.3 Å². The van der Waals surface area contributed by atoms with Gasteiger partial charge in [-0.15, -0.1) is 0 Å². The van der Waals surface area contributed by atoms with Gasteiger partial charge in [0, 0.05) is 17.0 Å². The van der Waals surface area contributed by atoms with Crippen molar-refractivity contribution < 1.29 is 0 Å². The van der Waals surface area contributed by atoms with E-state index in [-0.39, 0.29) is 5.54 Å². The zero-order valence-corrected chi connectivity index (χ0v) is 11.7. The first-order valence-electron chi connectivity index (χ1n) is 5.90. The first-order valence-corrected chi connectivity index (χ1v) is 6.72. The van der Waals surface area contributed by atoms with Crippen molar-refractivity contribution in [1.82, 2.24) is 20.5 Å². The zero-order chi connectivity index (χ0) is 13.0. The fourth-order valence-corrected chi connectivity index (χ4v) is 2.09. The summed E-state index contributed by atoms with van der Waals surface area (Å²) < 4.78 is 0. The van der Waals surface area contributed by atoms with E-state index in [2.05, 4.69) is 65.5 Å². The summed E-state index contributed by atoms with van der Waals surface area (Å²) in [6.07, 6.45) is 1.52. The van der Waals surface area contributed by atoms with Crippen molar-refractivity contribution in [3.8, 4) is 0 Å². The van der Waals surface area contributed by atoms with Gasteiger partial charge in [-0.1, -0.05) is 23.9 Å². The van der Waals surface area contributed by atoms with E-state index in [4.69, 9.17) is 0 Å². The maximum atomic E-state index is 4.09. The van der Waals surface area contributed by atoms with E-state index in [1.807, 2.05) is 0 Å². The van der Waals surface area contributed by atoms with Crippen LogP contribution in [0, 0.1) is 0 Å². The van der Waals surface area contributed by atoms with Crippen molar-refractivity contribution in [3.05, 3.63) is 36.2 Å². The normalized spacial score (nSPS) is 11.7. The van der Waals surface area contributed by atoms with E-state index in [9.17, 15) is 0 Å². The number of benzene rings is 1. The third-order valence-electron chi connectivity index (χ3n) is 2.35. The molecule has 0 fully saturated rings. The highest BCUT2D eigenvalue weighted by Gasteiger charge is 2.08. The lowest BCUT2D eigenvalue weighted by molar-refractivity contribution is 0.424. The van der Waals surface area contributed by atoms with Crippen LogP contribution in [0.3, 0.4) is 0 Å². The minimum atomic E-state index is 0.146. The molecule has 0 saturated carbocycles. The fraction of sp³-hybridized carbons (Fsp3) is 0.385. The minimum absolute atomic E-state index is 0.146. The van der Waals surface area contributed by atoms with Crippen molar-refractivity contribution in [2.24, 2.45) is 0 Å². The first-order chi connectivity index (χ1) is 8.53. The molecule has 0 bridgehead atoms. The van der Waals surface area contributed by atoms with Gasteiger partial charge < -0.3 is 5.32 Å². The minimum Gasteiger partial charge on any atom is -0.308 e. The molecule has 0 amide bonds. The molecule has 4 nitrogen and oxygen atoms in total. The number of hydrogen-bond acceptors (Lipinski definition) is 4. The first kappa shape index (κ1) is 13.1. The predicted molar refractivity (Wildman–Crippen MR) is 73.5 cm³/mol. The molecule has 1 heterocycles. The average Bonchev–Trinajstić information content (AvgIpc) is 2.80. The zero-order valence-electron chi connectivity index (χ0n) is 10.9. The molecule has 5 heteroatoms. The van der Waals surface area contributed by atoms with Gasteiger partial charge in [-0.3, -0.25) is 5.10 Å². The van der Waals surface area contributed by atoms with E-state index in [0.717, 1.165) is 16.6 Å². The number of aromatic amines is 1. The molecular weight excluding hydrogens is 244 g/mol. The van der Waals surface area contributed by atoms with Crippen LogP contribution in [0.2, 0.25) is 0 Å². The number of nitrogens with zero attached hydrogens (tertiary/aromatic N) is 2. The molecule has 0 saturated heterocycles. The van der Waals surface area contributed by atoms with Crippen molar-refractivity contribution in [2.45, 2.75) is 42.9 Å². The Balaban J connectivity index is 1.93. The number of nitrogens with one attached hydrogen (secondary N) is 2. The van der Waals surface area contributed by atoms with Crippen molar-refractivity contribution in [1.29, 1.82) is 0 Å². The van der Waals surface area contributed by atoms with E-state index < -0.39 is 0 Å². The van der Waals surface area contributed by atoms with Crippen LogP contribution in [0.15, 0.2) is 40.6 Å². The molecule has 0 aliphatic heterocycles. The number of rotatable bonds is 4. The standard InChI is InChI=1S/C13H18N4S/c1-13(2,3)15-8-10-4-6-11(7-5-10)18-12-14-9-16-17-12/h4-7,9,15H,8H2,1-3H3,(H,14,16,17). The summed E-state index contributed by atoms with van der Waals surface area (Å²) in [5.41, 5.74) is 1.43. The van der Waals surface area contributed by atoms with Gasteiger partial charge in [-0.25, -0.2) is 4.98 Å². The summed E-state index contributed by atoms with van der Waals surface area (Å²) in [6, 6.07) is 8.48. The largest absolute Gasteiger partial charge is 0.308 e. The molecule has 1 aromatic heterocycles. The number of H-pyrrole nitrogens is 1. The Morgan fingerprint density at radius 2 is 1.94 bits per heavy atom. The van der Waals surface area contributed by atoms with Gasteiger partial charge in [0.15, 0.2) is 5.16 Å². The van der Waals surface area contributed by atoms with Gasteiger partial charge in [-0.05, 0) is 38.5 Å². The van der Waals surface area contributed by atoms with E-state index >= 15 is 0 Å². The molecule has 2 N–H and O–H groups in total. The lowest BCUT2D eigenvalue weighted by atomic mass is 10.1. The quantitative estimate of drug-likeness (QED) is 0.889. The second-order valence-corrected chi connectivity index (χ2v) is 6.20. The summed E-state index contributed by atoms with van der Waals surface area (Å²) in [4.78, 5) is 5.25. The Morgan fingerprint density at radius 1 is 1.22 bits per heavy atom. The Kier molecular flexibility index (Phi) is 4.04. The second kappa shape index (κ2) is 5.54. The van der Waals surface area contributed by atoms with Gasteiger partial charge in [0.25, 0.3) is 0 Å². The summed E-state index contributed by atoms with van der Waals surface area (Å²) >= 11 is 1.58. The van der Waals surface area contributed by atoms with Crippen LogP contribution in [0.25, 0.3) is 0 Å². The molecule has 1 aromatic carbocycles. The molecule has 2 aromatic rings. The van der Waals surface area contributed by atoms with Gasteiger partial charge in [0.05, 0.1) is 0 Å². The molecule has 0 aliphatic rings. The maximum absolute atomic E-state index is 4.09. The smallest absolute Gasteiger partial charge is 0.188 e. The van der Waals surface area contributed by atoms with Crippen LogP contribution in [-0.2, 0) is 6.54 Å². The second-order valence-electron chi connectivity index (χ2n) is 5.14. The molecule has 96 valence electrons. The molecule has 0 atom stereocenters. The highest BCUT2D eigenvalue weighted by Crippen LogP contribution is 2.23. The Bertz CT molecular complexity index is 471. The van der Waals surface area contributed by atoms with Gasteiger partial charge >= 0.3 is 0 Å². The van der Waals surface area contributed by atoms with Crippen molar-refractivity contribution >= 4 is 11.8 Å². The number of aromatic nitrogens is 3. The Hall–Kier alpha value is -1.33. The van der Waals surface area contributed by atoms with Gasteiger partial charge in [-0.2, -0.15) is 5.10 Å². The van der Waals surface area contributed by atoms with Crippen molar-refractivity contribution in [3.63, 3.8) is 0 Å². The molecule has 18 heavy (non-hydrogen) atoms. The van der Waals surface area contributed by atoms with E-state index in [0.29, 0.717) is 0 Å². The van der Waals surface area contributed by atoms with E-state index in [1.54, 1.807) is 11.8 Å². The Labute approximate surface area is 112 Å². The predicted octanol–water partition coefficient (Wildman–Crippen LogP) is 2.84. The van der Waals surface area contributed by atoms with Crippen LogP contribution in [0.5, 0.6) is 0 Å². The third kappa shape index (κ3) is 4.16. The maximum Gasteiger partial charge on any atom is 0.188 e. The van der Waals surface area contributed by atoms with E-state index in [1.165, 1.54) is 11.9 Å². The highest BCUT2D eigenvalue weighted by atomic mass is 32.2. The molecule has 2 rings (SSSR count). The molecule has 0 spiro atoms. The SMILES string of the molecule is CC(C)(C)NCc1ccc(Sc2ncn[nH]2)cc1. The summed E-state index contributed by atoms with van der Waals surface area (Å²) in [5, 5.41) is 10.9. The summed E-state index contributed by atoms with van der Waals surface area (Å²) in [5.74, 6) is 0. The third-order valence-corrected chi connectivity index (χ3v) is 3.25. The lowest BCUT2D eigenvalue weighted by Crippen LogP contribution is -2.35. The van der Waals surface area contributed by atoms with Crippen LogP contribution in [-0.4, -0.2) is 20.7 Å². The van der Waals surface area contributed by atoms with Gasteiger partial charge in [0.2, 0.25) is 0 Å². The molecule has 0 aliphatic carbocycles. The summed E-state index contributed by atoms with van der Waals surface area (Å²) in [7, 11) is 0. The van der Waals surface area contributed by atoms with Crippen LogP contribution < -0.4 is 5.32 Å². The number of hydrogen-bond donors (Lipinski definition) is 2. The lowest BCUT2D eigenvalue weighted by Gasteiger charge is -2.20. The summed E-state index contributed by atoms with van der Waals surface area (Å²) in [6.45, 7) is 7.39.